The number of imidazole rings is 1. The van der Waals surface area contributed by atoms with E-state index in [2.05, 4.69) is 21.5 Å². The average Bonchev–Trinajstić information content (AvgIpc) is 3.30. The van der Waals surface area contributed by atoms with Crippen molar-refractivity contribution in [2.75, 3.05) is 45.2 Å². The third kappa shape index (κ3) is 4.36. The number of carbonyl (C=O) groups is 1. The molecule has 2 aromatic rings. The lowest BCUT2D eigenvalue weighted by Crippen LogP contribution is -2.51. The Morgan fingerprint density at radius 1 is 1.23 bits per heavy atom. The maximum atomic E-state index is 13.2. The van der Waals surface area contributed by atoms with Crippen molar-refractivity contribution in [3.05, 3.63) is 24.2 Å². The molecular weight excluding hydrogens is 416 g/mol. The fraction of sp³-hybridized carbons (Fsp3) is 0.619. The number of rotatable bonds is 6. The van der Waals surface area contributed by atoms with Crippen LogP contribution in [-0.2, 0) is 16.4 Å². The van der Waals surface area contributed by atoms with Crippen LogP contribution in [0.2, 0.25) is 0 Å². The maximum Gasteiger partial charge on any atom is 0.319 e. The van der Waals surface area contributed by atoms with E-state index in [0.717, 1.165) is 42.7 Å². The molecule has 0 bridgehead atoms. The molecule has 170 valence electrons. The molecule has 4 rings (SSSR count). The number of hydrogen-bond acceptors (Lipinski definition) is 5. The second-order valence-electron chi connectivity index (χ2n) is 9.07. The topological polar surface area (TPSA) is 90.3 Å². The monoisotopic (exact) mass is 448 g/mol. The van der Waals surface area contributed by atoms with Crippen LogP contribution in [0.4, 0.5) is 10.5 Å². The zero-order valence-electron chi connectivity index (χ0n) is 18.8. The van der Waals surface area contributed by atoms with Gasteiger partial charge in [-0.1, -0.05) is 13.3 Å². The normalized spacial score (nSPS) is 18.5. The highest BCUT2D eigenvalue weighted by Crippen LogP contribution is 2.36. The van der Waals surface area contributed by atoms with E-state index in [-0.39, 0.29) is 16.5 Å². The number of piperazine rings is 1. The van der Waals surface area contributed by atoms with Gasteiger partial charge in [0, 0.05) is 63.9 Å². The van der Waals surface area contributed by atoms with Crippen LogP contribution >= 0.6 is 0 Å². The summed E-state index contributed by atoms with van der Waals surface area (Å²) in [7, 11) is -0.150. The molecule has 0 atom stereocenters. The van der Waals surface area contributed by atoms with Crippen LogP contribution < -0.4 is 9.62 Å². The number of aryl methyl sites for hydroxylation is 1. The summed E-state index contributed by atoms with van der Waals surface area (Å²) in [4.78, 5) is 22.7. The standard InChI is InChI=1S/C21H32N6O3S/c1-5-6-16-14-22-19-18(25-9-11-26(12-10-25)20(28)24(3)4)13-17(15-27(16)19)31(29,30)23-21(2)7-8-21/h13-15,23H,5-12H2,1-4H3. The Bertz CT molecular complexity index is 1080. The molecule has 2 fully saturated rings. The molecule has 0 radical (unpaired) electrons. The molecule has 1 N–H and O–H groups in total. The lowest BCUT2D eigenvalue weighted by Gasteiger charge is -2.37. The Balaban J connectivity index is 1.70. The van der Waals surface area contributed by atoms with Gasteiger partial charge >= 0.3 is 6.03 Å². The zero-order valence-corrected chi connectivity index (χ0v) is 19.6. The van der Waals surface area contributed by atoms with Crippen molar-refractivity contribution in [3.8, 4) is 0 Å². The highest BCUT2D eigenvalue weighted by Gasteiger charge is 2.41. The number of pyridine rings is 1. The molecule has 2 aromatic heterocycles. The zero-order chi connectivity index (χ0) is 22.4. The average molecular weight is 449 g/mol. The highest BCUT2D eigenvalue weighted by atomic mass is 32.2. The molecule has 0 unspecified atom stereocenters. The van der Waals surface area contributed by atoms with Crippen molar-refractivity contribution in [1.82, 2.24) is 23.9 Å². The molecule has 1 aliphatic heterocycles. The third-order valence-corrected chi connectivity index (χ3v) is 7.71. The molecule has 10 heteroatoms. The van der Waals surface area contributed by atoms with E-state index in [1.54, 1.807) is 31.3 Å². The summed E-state index contributed by atoms with van der Waals surface area (Å²) in [6.07, 6.45) is 7.00. The largest absolute Gasteiger partial charge is 0.365 e. The van der Waals surface area contributed by atoms with E-state index < -0.39 is 10.0 Å². The van der Waals surface area contributed by atoms with Gasteiger partial charge in [-0.3, -0.25) is 0 Å². The molecule has 2 aliphatic rings. The number of anilines is 1. The number of fused-ring (bicyclic) bond motifs is 1. The molecular formula is C21H32N6O3S. The van der Waals surface area contributed by atoms with Gasteiger partial charge in [0.15, 0.2) is 5.65 Å². The number of sulfonamides is 1. The van der Waals surface area contributed by atoms with Gasteiger partial charge in [-0.2, -0.15) is 0 Å². The lowest BCUT2D eigenvalue weighted by atomic mass is 10.2. The molecule has 0 aromatic carbocycles. The fourth-order valence-corrected chi connectivity index (χ4v) is 5.49. The molecule has 1 aliphatic carbocycles. The first-order valence-corrected chi connectivity index (χ1v) is 12.4. The van der Waals surface area contributed by atoms with Crippen LogP contribution in [0, 0.1) is 0 Å². The van der Waals surface area contributed by atoms with Crippen molar-refractivity contribution >= 4 is 27.4 Å². The van der Waals surface area contributed by atoms with Crippen molar-refractivity contribution < 1.29 is 13.2 Å². The summed E-state index contributed by atoms with van der Waals surface area (Å²) >= 11 is 0. The number of urea groups is 1. The summed E-state index contributed by atoms with van der Waals surface area (Å²) in [5.41, 5.74) is 2.21. The Kier molecular flexibility index (Phi) is 5.63. The maximum absolute atomic E-state index is 13.2. The van der Waals surface area contributed by atoms with Crippen LogP contribution in [0.25, 0.3) is 5.65 Å². The Morgan fingerprint density at radius 3 is 2.48 bits per heavy atom. The molecule has 0 spiro atoms. The van der Waals surface area contributed by atoms with Gasteiger partial charge in [-0.05, 0) is 32.3 Å². The first kappa shape index (κ1) is 21.9. The van der Waals surface area contributed by atoms with E-state index in [9.17, 15) is 13.2 Å². The number of nitrogens with zero attached hydrogens (tertiary/aromatic N) is 5. The van der Waals surface area contributed by atoms with Gasteiger partial charge in [0.2, 0.25) is 10.0 Å². The van der Waals surface area contributed by atoms with Crippen molar-refractivity contribution in [2.24, 2.45) is 0 Å². The lowest BCUT2D eigenvalue weighted by molar-refractivity contribution is 0.168. The van der Waals surface area contributed by atoms with Crippen molar-refractivity contribution in [1.29, 1.82) is 0 Å². The van der Waals surface area contributed by atoms with Gasteiger partial charge in [0.25, 0.3) is 0 Å². The van der Waals surface area contributed by atoms with Crippen LogP contribution in [0.1, 0.15) is 38.8 Å². The van der Waals surface area contributed by atoms with E-state index >= 15 is 0 Å². The molecule has 1 saturated heterocycles. The molecule has 1 saturated carbocycles. The smallest absolute Gasteiger partial charge is 0.319 e. The van der Waals surface area contributed by atoms with Crippen LogP contribution in [0.5, 0.6) is 0 Å². The number of hydrogen-bond donors (Lipinski definition) is 1. The van der Waals surface area contributed by atoms with Crippen molar-refractivity contribution in [2.45, 2.75) is 50.0 Å². The first-order valence-electron chi connectivity index (χ1n) is 10.9. The molecule has 3 heterocycles. The minimum absolute atomic E-state index is 0.00551. The molecule has 9 nitrogen and oxygen atoms in total. The number of amides is 2. The number of aromatic nitrogens is 2. The van der Waals surface area contributed by atoms with E-state index in [0.29, 0.717) is 26.2 Å². The second-order valence-corrected chi connectivity index (χ2v) is 10.8. The van der Waals surface area contributed by atoms with Gasteiger partial charge in [-0.15, -0.1) is 0 Å². The van der Waals surface area contributed by atoms with Crippen LogP contribution in [0.3, 0.4) is 0 Å². The summed E-state index contributed by atoms with van der Waals surface area (Å²) in [5, 5.41) is 0. The molecule has 2 amide bonds. The van der Waals surface area contributed by atoms with Crippen LogP contribution in [0.15, 0.2) is 23.4 Å². The number of carbonyl (C=O) groups excluding carboxylic acids is 1. The quantitative estimate of drug-likeness (QED) is 0.729. The summed E-state index contributed by atoms with van der Waals surface area (Å²) in [6, 6.07) is 1.73. The third-order valence-electron chi connectivity index (χ3n) is 6.11. The van der Waals surface area contributed by atoms with E-state index in [1.165, 1.54) is 0 Å². The van der Waals surface area contributed by atoms with Gasteiger partial charge < -0.3 is 19.1 Å². The minimum Gasteiger partial charge on any atom is -0.365 e. The fourth-order valence-electron chi connectivity index (χ4n) is 4.01. The predicted molar refractivity (Wildman–Crippen MR) is 120 cm³/mol. The minimum atomic E-state index is -3.65. The summed E-state index contributed by atoms with van der Waals surface area (Å²) < 4.78 is 31.1. The van der Waals surface area contributed by atoms with Crippen LogP contribution in [-0.4, -0.2) is 79.4 Å². The number of nitrogens with one attached hydrogen (secondary N) is 1. The Morgan fingerprint density at radius 2 is 1.90 bits per heavy atom. The first-order chi connectivity index (χ1) is 14.6. The van der Waals surface area contributed by atoms with E-state index in [1.807, 2.05) is 22.4 Å². The summed E-state index contributed by atoms with van der Waals surface area (Å²) in [6.45, 7) is 6.44. The van der Waals surface area contributed by atoms with Gasteiger partial charge in [0.1, 0.15) is 4.90 Å². The Labute approximate surface area is 184 Å². The summed E-state index contributed by atoms with van der Waals surface area (Å²) in [5.74, 6) is 0. The van der Waals surface area contributed by atoms with Crippen molar-refractivity contribution in [3.63, 3.8) is 0 Å². The second kappa shape index (κ2) is 7.98. The van der Waals surface area contributed by atoms with Gasteiger partial charge in [0.05, 0.1) is 5.69 Å². The van der Waals surface area contributed by atoms with E-state index in [4.69, 9.17) is 0 Å². The Hall–Kier alpha value is -2.33. The molecule has 31 heavy (non-hydrogen) atoms. The van der Waals surface area contributed by atoms with Gasteiger partial charge in [-0.25, -0.2) is 22.9 Å². The SMILES string of the molecule is CCCc1cnc2c(N3CCN(C(=O)N(C)C)CC3)cc(S(=O)(=O)NC3(C)CC3)cn12. The predicted octanol–water partition coefficient (Wildman–Crippen LogP) is 1.92. The highest BCUT2D eigenvalue weighted by molar-refractivity contribution is 7.89.